The average Bonchev–Trinajstić information content (AvgIpc) is 2.54. The van der Waals surface area contributed by atoms with Crippen LogP contribution < -0.4 is 14.8 Å². The van der Waals surface area contributed by atoms with Crippen LogP contribution in [0.25, 0.3) is 0 Å². The summed E-state index contributed by atoms with van der Waals surface area (Å²) in [5, 5.41) is 3.44. The lowest BCUT2D eigenvalue weighted by atomic mass is 10.1. The molecule has 1 aromatic carbocycles. The van der Waals surface area contributed by atoms with Crippen LogP contribution in [0.3, 0.4) is 0 Å². The van der Waals surface area contributed by atoms with Crippen LogP contribution in [0, 0.1) is 0 Å². The highest BCUT2D eigenvalue weighted by Crippen LogP contribution is 2.22. The van der Waals surface area contributed by atoms with Crippen molar-refractivity contribution in [2.45, 2.75) is 25.8 Å². The predicted octanol–water partition coefficient (Wildman–Crippen LogP) is 3.53. The van der Waals surface area contributed by atoms with Crippen molar-refractivity contribution in [2.75, 3.05) is 19.5 Å². The summed E-state index contributed by atoms with van der Waals surface area (Å²) in [5.74, 6) is 1.53. The molecule has 0 bridgehead atoms. The van der Waals surface area contributed by atoms with Crippen LogP contribution in [-0.4, -0.2) is 25.2 Å². The number of hydrogen-bond donors (Lipinski definition) is 1. The molecule has 4 nitrogen and oxygen atoms in total. The van der Waals surface area contributed by atoms with Gasteiger partial charge >= 0.3 is 0 Å². The third-order valence-electron chi connectivity index (χ3n) is 3.39. The number of methoxy groups -OCH3 is 2. The maximum absolute atomic E-state index is 5.25. The second-order valence-electron chi connectivity index (χ2n) is 4.99. The average molecular weight is 286 g/mol. The highest BCUT2D eigenvalue weighted by atomic mass is 16.5. The van der Waals surface area contributed by atoms with E-state index in [9.17, 15) is 0 Å². The standard InChI is InChI=1S/C17H22N2O2/c1-13(19-16-5-4-12-18-17(16)21-3)6-7-14-8-10-15(20-2)11-9-14/h4-5,8-13,19H,6-7H2,1-3H3. The van der Waals surface area contributed by atoms with Crippen molar-refractivity contribution >= 4 is 5.69 Å². The van der Waals surface area contributed by atoms with Gasteiger partial charge in [-0.3, -0.25) is 0 Å². The Labute approximate surface area is 126 Å². The summed E-state index contributed by atoms with van der Waals surface area (Å²) in [6, 6.07) is 12.4. The summed E-state index contributed by atoms with van der Waals surface area (Å²) in [7, 11) is 3.32. The molecule has 112 valence electrons. The van der Waals surface area contributed by atoms with E-state index in [2.05, 4.69) is 29.4 Å². The van der Waals surface area contributed by atoms with Crippen molar-refractivity contribution in [2.24, 2.45) is 0 Å². The molecule has 1 atom stereocenters. The van der Waals surface area contributed by atoms with Gasteiger partial charge in [-0.1, -0.05) is 12.1 Å². The molecule has 0 amide bonds. The van der Waals surface area contributed by atoms with Gasteiger partial charge in [0.2, 0.25) is 5.88 Å². The van der Waals surface area contributed by atoms with Gasteiger partial charge in [0.15, 0.2) is 0 Å². The van der Waals surface area contributed by atoms with Gasteiger partial charge in [0, 0.05) is 12.2 Å². The largest absolute Gasteiger partial charge is 0.497 e. The van der Waals surface area contributed by atoms with Crippen molar-refractivity contribution in [1.29, 1.82) is 0 Å². The van der Waals surface area contributed by atoms with Gasteiger partial charge < -0.3 is 14.8 Å². The lowest BCUT2D eigenvalue weighted by molar-refractivity contribution is 0.399. The first-order valence-electron chi connectivity index (χ1n) is 7.11. The molecule has 0 aliphatic heterocycles. The lowest BCUT2D eigenvalue weighted by Gasteiger charge is -2.16. The van der Waals surface area contributed by atoms with Gasteiger partial charge in [0.25, 0.3) is 0 Å². The fourth-order valence-electron chi connectivity index (χ4n) is 2.18. The van der Waals surface area contributed by atoms with Crippen LogP contribution in [0.5, 0.6) is 11.6 Å². The molecular weight excluding hydrogens is 264 g/mol. The van der Waals surface area contributed by atoms with Crippen LogP contribution in [0.4, 0.5) is 5.69 Å². The molecule has 0 saturated carbocycles. The van der Waals surface area contributed by atoms with E-state index in [-0.39, 0.29) is 0 Å². The van der Waals surface area contributed by atoms with Crippen molar-refractivity contribution in [3.8, 4) is 11.6 Å². The molecule has 1 unspecified atom stereocenters. The molecule has 0 saturated heterocycles. The first-order chi connectivity index (χ1) is 10.2. The number of anilines is 1. The quantitative estimate of drug-likeness (QED) is 0.845. The Balaban J connectivity index is 1.87. The zero-order valence-electron chi connectivity index (χ0n) is 12.8. The molecule has 2 rings (SSSR count). The minimum absolute atomic E-state index is 0.338. The molecule has 0 aliphatic rings. The number of nitrogens with zero attached hydrogens (tertiary/aromatic N) is 1. The molecule has 0 radical (unpaired) electrons. The fourth-order valence-corrected chi connectivity index (χ4v) is 2.18. The molecule has 1 aromatic heterocycles. The summed E-state index contributed by atoms with van der Waals surface area (Å²) in [6.07, 6.45) is 3.77. The van der Waals surface area contributed by atoms with E-state index >= 15 is 0 Å². The number of nitrogens with one attached hydrogen (secondary N) is 1. The zero-order valence-corrected chi connectivity index (χ0v) is 12.8. The van der Waals surface area contributed by atoms with Gasteiger partial charge in [0.1, 0.15) is 5.75 Å². The van der Waals surface area contributed by atoms with Crippen LogP contribution >= 0.6 is 0 Å². The molecule has 21 heavy (non-hydrogen) atoms. The summed E-state index contributed by atoms with van der Waals surface area (Å²) < 4.78 is 10.4. The SMILES string of the molecule is COc1ccc(CCC(C)Nc2cccnc2OC)cc1. The minimum Gasteiger partial charge on any atom is -0.497 e. The van der Waals surface area contributed by atoms with E-state index < -0.39 is 0 Å². The summed E-state index contributed by atoms with van der Waals surface area (Å²) in [5.41, 5.74) is 2.24. The number of ether oxygens (including phenoxy) is 2. The molecular formula is C17H22N2O2. The van der Waals surface area contributed by atoms with Gasteiger partial charge in [-0.05, 0) is 49.6 Å². The van der Waals surface area contributed by atoms with E-state index in [1.54, 1.807) is 20.4 Å². The maximum Gasteiger partial charge on any atom is 0.237 e. The number of hydrogen-bond acceptors (Lipinski definition) is 4. The highest BCUT2D eigenvalue weighted by molar-refractivity contribution is 5.52. The molecule has 0 aliphatic carbocycles. The Morgan fingerprint density at radius 1 is 1.10 bits per heavy atom. The van der Waals surface area contributed by atoms with Gasteiger partial charge in [-0.25, -0.2) is 4.98 Å². The van der Waals surface area contributed by atoms with E-state index in [1.807, 2.05) is 24.3 Å². The monoisotopic (exact) mass is 286 g/mol. The third kappa shape index (κ3) is 4.38. The first-order valence-corrected chi connectivity index (χ1v) is 7.11. The van der Waals surface area contributed by atoms with E-state index in [0.29, 0.717) is 11.9 Å². The second-order valence-corrected chi connectivity index (χ2v) is 4.99. The summed E-state index contributed by atoms with van der Waals surface area (Å²) in [6.45, 7) is 2.16. The number of pyridine rings is 1. The van der Waals surface area contributed by atoms with Crippen LogP contribution in [0.2, 0.25) is 0 Å². The molecule has 4 heteroatoms. The van der Waals surface area contributed by atoms with Crippen LogP contribution in [-0.2, 0) is 6.42 Å². The zero-order chi connectivity index (χ0) is 15.1. The lowest BCUT2D eigenvalue weighted by Crippen LogP contribution is -2.16. The van der Waals surface area contributed by atoms with E-state index in [0.717, 1.165) is 24.3 Å². The second kappa shape index (κ2) is 7.53. The van der Waals surface area contributed by atoms with E-state index in [4.69, 9.17) is 9.47 Å². The Kier molecular flexibility index (Phi) is 5.43. The third-order valence-corrected chi connectivity index (χ3v) is 3.39. The fraction of sp³-hybridized carbons (Fsp3) is 0.353. The van der Waals surface area contributed by atoms with Gasteiger partial charge in [-0.2, -0.15) is 0 Å². The number of aryl methyl sites for hydroxylation is 1. The van der Waals surface area contributed by atoms with Crippen molar-refractivity contribution in [1.82, 2.24) is 4.98 Å². The first kappa shape index (κ1) is 15.2. The molecule has 1 heterocycles. The van der Waals surface area contributed by atoms with Crippen LogP contribution in [0.1, 0.15) is 18.9 Å². The van der Waals surface area contributed by atoms with Crippen molar-refractivity contribution in [3.05, 3.63) is 48.2 Å². The van der Waals surface area contributed by atoms with Crippen molar-refractivity contribution in [3.63, 3.8) is 0 Å². The topological polar surface area (TPSA) is 43.4 Å². The predicted molar refractivity (Wildman–Crippen MR) is 85.2 cm³/mol. The van der Waals surface area contributed by atoms with Crippen LogP contribution in [0.15, 0.2) is 42.6 Å². The Hall–Kier alpha value is -2.23. The molecule has 0 fully saturated rings. The number of benzene rings is 1. The minimum atomic E-state index is 0.338. The maximum atomic E-state index is 5.25. The highest BCUT2D eigenvalue weighted by Gasteiger charge is 2.07. The number of aromatic nitrogens is 1. The molecule has 2 aromatic rings. The Bertz CT molecular complexity index is 555. The molecule has 0 spiro atoms. The summed E-state index contributed by atoms with van der Waals surface area (Å²) >= 11 is 0. The normalized spacial score (nSPS) is 11.8. The summed E-state index contributed by atoms with van der Waals surface area (Å²) in [4.78, 5) is 4.19. The van der Waals surface area contributed by atoms with Crippen molar-refractivity contribution < 1.29 is 9.47 Å². The smallest absolute Gasteiger partial charge is 0.237 e. The van der Waals surface area contributed by atoms with E-state index in [1.165, 1.54) is 5.56 Å². The molecule has 1 N–H and O–H groups in total. The number of rotatable bonds is 7. The Morgan fingerprint density at radius 3 is 2.52 bits per heavy atom. The van der Waals surface area contributed by atoms with Gasteiger partial charge in [0.05, 0.1) is 19.9 Å². The van der Waals surface area contributed by atoms with Gasteiger partial charge in [-0.15, -0.1) is 0 Å². The Morgan fingerprint density at radius 2 is 1.86 bits per heavy atom.